The van der Waals surface area contributed by atoms with Gasteiger partial charge in [-0.15, -0.1) is 0 Å². The largest absolute Gasteiger partial charge is 0.744 e. The predicted octanol–water partition coefficient (Wildman–Crippen LogP) is 5.43. The molecule has 0 bridgehead atoms. The molecule has 12 nitrogen and oxygen atoms in total. The van der Waals surface area contributed by atoms with E-state index in [0.717, 1.165) is 56.0 Å². The Kier molecular flexibility index (Phi) is 15.8. The van der Waals surface area contributed by atoms with Gasteiger partial charge in [-0.05, 0) is 66.8 Å². The molecule has 1 aliphatic rings. The standard InChI is InChI=1S/C32H44NO8.C6H6O3S/c1-7-31(34)40-17-9-8-10-18-41-32(35)14-16-33(2)15-13-24-21-29(38-5)30(39-6)22-25(24)26(33)19-23-11-12-27(36-3)28(20-23)37-4;7-10(8,9)6-4-2-1-3-5-6/h7,11-12,20-22,26H,1,8-10,13-19H2,2-6H3;1-5H,(H,7,8,9)/q+1;/p-1/t26-,33-;/m1./s1. The molecule has 3 aromatic rings. The van der Waals surface area contributed by atoms with Gasteiger partial charge in [0.05, 0.1) is 73.1 Å². The van der Waals surface area contributed by atoms with Gasteiger partial charge in [-0.3, -0.25) is 4.79 Å². The number of hydrogen-bond donors (Lipinski definition) is 0. The van der Waals surface area contributed by atoms with Crippen LogP contribution in [0.4, 0.5) is 0 Å². The Morgan fingerprint density at radius 2 is 1.45 bits per heavy atom. The maximum atomic E-state index is 12.7. The Balaban J connectivity index is 0.000000602. The van der Waals surface area contributed by atoms with E-state index in [-0.39, 0.29) is 16.9 Å². The summed E-state index contributed by atoms with van der Waals surface area (Å²) in [5.41, 5.74) is 3.53. The van der Waals surface area contributed by atoms with Crippen molar-refractivity contribution in [2.75, 3.05) is 61.8 Å². The van der Waals surface area contributed by atoms with Crippen LogP contribution in [0.25, 0.3) is 0 Å². The number of likely N-dealkylation sites (N-methyl/N-ethyl adjacent to an activating group) is 1. The number of esters is 2. The molecule has 1 heterocycles. The topological polar surface area (TPSA) is 147 Å². The molecule has 1 aliphatic heterocycles. The minimum Gasteiger partial charge on any atom is -0.744 e. The summed E-state index contributed by atoms with van der Waals surface area (Å²) in [7, 11) is 4.52. The molecule has 3 aromatic carbocycles. The summed E-state index contributed by atoms with van der Waals surface area (Å²) in [5, 5.41) is 0. The molecule has 0 fully saturated rings. The highest BCUT2D eigenvalue weighted by atomic mass is 32.2. The van der Waals surface area contributed by atoms with Crippen molar-refractivity contribution in [1.29, 1.82) is 0 Å². The number of unbranched alkanes of at least 4 members (excludes halogenated alkanes) is 2. The number of quaternary nitrogens is 1. The van der Waals surface area contributed by atoms with Crippen LogP contribution in [0.1, 0.15) is 48.4 Å². The van der Waals surface area contributed by atoms with E-state index in [2.05, 4.69) is 31.8 Å². The predicted molar refractivity (Wildman–Crippen MR) is 190 cm³/mol. The average molecular weight is 728 g/mol. The number of methoxy groups -OCH3 is 4. The van der Waals surface area contributed by atoms with E-state index in [1.165, 1.54) is 35.4 Å². The molecule has 0 aliphatic carbocycles. The number of hydrogen-bond acceptors (Lipinski definition) is 11. The number of fused-ring (bicyclic) bond motifs is 1. The monoisotopic (exact) mass is 727 g/mol. The lowest BCUT2D eigenvalue weighted by Gasteiger charge is -2.46. The van der Waals surface area contributed by atoms with Crippen LogP contribution in [0.15, 0.2) is 78.2 Å². The van der Waals surface area contributed by atoms with Crippen LogP contribution in [-0.4, -0.2) is 91.2 Å². The maximum absolute atomic E-state index is 12.7. The van der Waals surface area contributed by atoms with Crippen molar-refractivity contribution in [3.63, 3.8) is 0 Å². The van der Waals surface area contributed by atoms with E-state index in [0.29, 0.717) is 47.9 Å². The molecule has 0 amide bonds. The van der Waals surface area contributed by atoms with Gasteiger partial charge in [0.15, 0.2) is 23.0 Å². The van der Waals surface area contributed by atoms with E-state index in [4.69, 9.17) is 28.4 Å². The number of rotatable bonds is 17. The first-order valence-electron chi connectivity index (χ1n) is 16.6. The Hall–Kier alpha value is -4.59. The van der Waals surface area contributed by atoms with Crippen molar-refractivity contribution < 1.29 is 55.5 Å². The molecular weight excluding hydrogens is 678 g/mol. The van der Waals surface area contributed by atoms with Crippen LogP contribution in [0.3, 0.4) is 0 Å². The third kappa shape index (κ3) is 12.0. The molecule has 4 rings (SSSR count). The van der Waals surface area contributed by atoms with E-state index in [1.807, 2.05) is 12.1 Å². The Morgan fingerprint density at radius 1 is 0.843 bits per heavy atom. The smallest absolute Gasteiger partial charge is 0.330 e. The van der Waals surface area contributed by atoms with Gasteiger partial charge in [-0.2, -0.15) is 0 Å². The van der Waals surface area contributed by atoms with Gasteiger partial charge < -0.3 is 37.5 Å². The highest BCUT2D eigenvalue weighted by Gasteiger charge is 2.40. The summed E-state index contributed by atoms with van der Waals surface area (Å²) in [4.78, 5) is 23.6. The minimum atomic E-state index is -4.25. The minimum absolute atomic E-state index is 0.0720. The summed E-state index contributed by atoms with van der Waals surface area (Å²) in [6.45, 7) is 5.58. The van der Waals surface area contributed by atoms with E-state index < -0.39 is 16.1 Å². The number of ether oxygens (including phenoxy) is 6. The van der Waals surface area contributed by atoms with E-state index >= 15 is 0 Å². The van der Waals surface area contributed by atoms with Gasteiger partial charge in [-0.25, -0.2) is 13.2 Å². The summed E-state index contributed by atoms with van der Waals surface area (Å²) in [6, 6.07) is 17.4. The number of carbonyl (C=O) groups excluding carboxylic acids is 2. The lowest BCUT2D eigenvalue weighted by atomic mass is 9.86. The van der Waals surface area contributed by atoms with Crippen LogP contribution in [-0.2, 0) is 42.0 Å². The lowest BCUT2D eigenvalue weighted by Crippen LogP contribution is -2.53. The second kappa shape index (κ2) is 19.7. The van der Waals surface area contributed by atoms with E-state index in [9.17, 15) is 22.6 Å². The van der Waals surface area contributed by atoms with Crippen molar-refractivity contribution in [3.8, 4) is 23.0 Å². The highest BCUT2D eigenvalue weighted by Crippen LogP contribution is 2.43. The first-order chi connectivity index (χ1) is 24.4. The zero-order chi connectivity index (χ0) is 37.4. The molecule has 0 saturated heterocycles. The van der Waals surface area contributed by atoms with Crippen molar-refractivity contribution in [3.05, 3.63) is 90.0 Å². The van der Waals surface area contributed by atoms with Gasteiger partial charge in [0, 0.05) is 24.5 Å². The fraction of sp³-hybridized carbons (Fsp3) is 0.421. The molecule has 0 N–H and O–H groups in total. The Labute approximate surface area is 301 Å². The Bertz CT molecular complexity index is 1710. The quantitative estimate of drug-likeness (QED) is 0.0577. The van der Waals surface area contributed by atoms with Crippen LogP contribution >= 0.6 is 0 Å². The molecule has 0 unspecified atom stereocenters. The maximum Gasteiger partial charge on any atom is 0.330 e. The zero-order valence-corrected chi connectivity index (χ0v) is 30.9. The van der Waals surface area contributed by atoms with Crippen molar-refractivity contribution in [2.24, 2.45) is 0 Å². The third-order valence-electron chi connectivity index (χ3n) is 8.85. The number of carbonyl (C=O) groups is 2. The molecule has 0 spiro atoms. The molecule has 51 heavy (non-hydrogen) atoms. The molecular formula is C38H49NO11S. The van der Waals surface area contributed by atoms with Crippen molar-refractivity contribution >= 4 is 22.1 Å². The Morgan fingerprint density at radius 3 is 2.04 bits per heavy atom. The molecule has 0 saturated carbocycles. The summed E-state index contributed by atoms with van der Waals surface area (Å²) < 4.78 is 64.3. The molecule has 0 aromatic heterocycles. The average Bonchev–Trinajstić information content (AvgIpc) is 3.14. The van der Waals surface area contributed by atoms with Crippen molar-refractivity contribution in [1.82, 2.24) is 0 Å². The van der Waals surface area contributed by atoms with Gasteiger partial charge in [0.25, 0.3) is 0 Å². The van der Waals surface area contributed by atoms with E-state index in [1.54, 1.807) is 34.5 Å². The fourth-order valence-electron chi connectivity index (χ4n) is 5.96. The fourth-order valence-corrected chi connectivity index (χ4v) is 6.45. The second-order valence-electron chi connectivity index (χ2n) is 12.2. The second-order valence-corrected chi connectivity index (χ2v) is 13.5. The van der Waals surface area contributed by atoms with Crippen LogP contribution in [0.2, 0.25) is 0 Å². The highest BCUT2D eigenvalue weighted by molar-refractivity contribution is 7.85. The van der Waals surface area contributed by atoms with Gasteiger partial charge in [0.1, 0.15) is 16.2 Å². The first-order valence-corrected chi connectivity index (χ1v) is 18.1. The van der Waals surface area contributed by atoms with Gasteiger partial charge >= 0.3 is 11.9 Å². The molecule has 13 heteroatoms. The number of nitrogens with zero attached hydrogens (tertiary/aromatic N) is 1. The summed E-state index contributed by atoms with van der Waals surface area (Å²) in [5.74, 6) is 2.15. The van der Waals surface area contributed by atoms with Crippen LogP contribution in [0, 0.1) is 0 Å². The van der Waals surface area contributed by atoms with Crippen molar-refractivity contribution in [2.45, 2.75) is 49.5 Å². The summed E-state index contributed by atoms with van der Waals surface area (Å²) in [6.07, 6.45) is 5.32. The third-order valence-corrected chi connectivity index (χ3v) is 9.70. The van der Waals surface area contributed by atoms with Crippen LogP contribution in [0.5, 0.6) is 23.0 Å². The summed E-state index contributed by atoms with van der Waals surface area (Å²) >= 11 is 0. The molecule has 0 radical (unpaired) electrons. The molecule has 2 atom stereocenters. The normalized spacial score (nSPS) is 16.4. The first kappa shape index (κ1) is 40.8. The van der Waals surface area contributed by atoms with Crippen LogP contribution < -0.4 is 18.9 Å². The van der Waals surface area contributed by atoms with Gasteiger partial charge in [-0.1, -0.05) is 30.8 Å². The van der Waals surface area contributed by atoms with Gasteiger partial charge in [0.2, 0.25) is 0 Å². The lowest BCUT2D eigenvalue weighted by molar-refractivity contribution is -0.940. The SMILES string of the molecule is C=CC(=O)OCCCCCOC(=O)CC[N@@+]1(C)CCc2cc(OC)c(OC)cc2[C@H]1Cc1ccc(OC)c(OC)c1.O=S(=O)([O-])c1ccccc1. The zero-order valence-electron chi connectivity index (χ0n) is 30.1. The number of benzene rings is 3. The molecule has 278 valence electrons.